The lowest BCUT2D eigenvalue weighted by Gasteiger charge is -2.11. The van der Waals surface area contributed by atoms with Gasteiger partial charge in [0.25, 0.3) is 0 Å². The number of urea groups is 1. The molecule has 122 valence electrons. The highest BCUT2D eigenvalue weighted by Gasteiger charge is 2.07. The number of rotatable bonds is 8. The predicted molar refractivity (Wildman–Crippen MR) is 89.8 cm³/mol. The van der Waals surface area contributed by atoms with Crippen molar-refractivity contribution in [3.05, 3.63) is 42.7 Å². The van der Waals surface area contributed by atoms with E-state index in [1.165, 1.54) is 0 Å². The number of hydrogen-bond acceptors (Lipinski definition) is 5. The Hall–Kier alpha value is -2.83. The van der Waals surface area contributed by atoms with Crippen LogP contribution >= 0.6 is 0 Å². The van der Waals surface area contributed by atoms with Crippen molar-refractivity contribution in [2.45, 2.75) is 13.3 Å². The number of hydrogen-bond donors (Lipinski definition) is 3. The molecule has 2 aromatic heterocycles. The number of nitrogens with one attached hydrogen (secondary N) is 3. The Morgan fingerprint density at radius 3 is 2.78 bits per heavy atom. The molecule has 23 heavy (non-hydrogen) atoms. The highest BCUT2D eigenvalue weighted by atomic mass is 16.5. The SMILES string of the molecule is CCOc1ncccc1NC(=O)NCCCNc1ccccn1. The summed E-state index contributed by atoms with van der Waals surface area (Å²) in [6.45, 7) is 3.64. The van der Waals surface area contributed by atoms with Gasteiger partial charge < -0.3 is 20.7 Å². The molecule has 2 rings (SSSR count). The number of aromatic nitrogens is 2. The topological polar surface area (TPSA) is 88.2 Å². The minimum Gasteiger partial charge on any atom is -0.476 e. The van der Waals surface area contributed by atoms with E-state index in [0.29, 0.717) is 24.7 Å². The molecule has 0 bridgehead atoms. The normalized spacial score (nSPS) is 9.96. The van der Waals surface area contributed by atoms with Gasteiger partial charge in [0.2, 0.25) is 5.88 Å². The van der Waals surface area contributed by atoms with E-state index in [9.17, 15) is 4.79 Å². The third-order valence-corrected chi connectivity index (χ3v) is 2.91. The summed E-state index contributed by atoms with van der Waals surface area (Å²) < 4.78 is 5.36. The average molecular weight is 315 g/mol. The molecule has 0 aromatic carbocycles. The maximum atomic E-state index is 11.9. The molecule has 2 amide bonds. The van der Waals surface area contributed by atoms with Crippen molar-refractivity contribution in [3.63, 3.8) is 0 Å². The minimum absolute atomic E-state index is 0.281. The molecule has 7 heteroatoms. The molecular formula is C16H21N5O2. The molecule has 0 unspecified atom stereocenters. The number of pyridine rings is 2. The van der Waals surface area contributed by atoms with Crippen LogP contribution in [0.25, 0.3) is 0 Å². The summed E-state index contributed by atoms with van der Waals surface area (Å²) in [5.74, 6) is 1.25. The number of carbonyl (C=O) groups excluding carboxylic acids is 1. The standard InChI is InChI=1S/C16H21N5O2/c1-2-23-15-13(7-5-10-19-15)21-16(22)20-12-6-11-18-14-8-3-4-9-17-14/h3-5,7-10H,2,6,11-12H2,1H3,(H,17,18)(H2,20,21,22). The van der Waals surface area contributed by atoms with Crippen LogP contribution in [0.3, 0.4) is 0 Å². The van der Waals surface area contributed by atoms with Crippen LogP contribution in [0.15, 0.2) is 42.7 Å². The van der Waals surface area contributed by atoms with Crippen LogP contribution in [-0.4, -0.2) is 35.7 Å². The van der Waals surface area contributed by atoms with Gasteiger partial charge in [-0.1, -0.05) is 6.07 Å². The van der Waals surface area contributed by atoms with Crippen molar-refractivity contribution >= 4 is 17.5 Å². The zero-order valence-corrected chi connectivity index (χ0v) is 13.1. The Morgan fingerprint density at radius 2 is 2.00 bits per heavy atom. The van der Waals surface area contributed by atoms with E-state index in [-0.39, 0.29) is 6.03 Å². The first-order valence-corrected chi connectivity index (χ1v) is 7.57. The zero-order valence-electron chi connectivity index (χ0n) is 13.1. The van der Waals surface area contributed by atoms with Crippen LogP contribution in [0, 0.1) is 0 Å². The van der Waals surface area contributed by atoms with Gasteiger partial charge in [-0.25, -0.2) is 14.8 Å². The van der Waals surface area contributed by atoms with Crippen LogP contribution in [0.1, 0.15) is 13.3 Å². The number of carbonyl (C=O) groups is 1. The first-order valence-electron chi connectivity index (χ1n) is 7.57. The largest absolute Gasteiger partial charge is 0.476 e. The van der Waals surface area contributed by atoms with Crippen LogP contribution in [-0.2, 0) is 0 Å². The van der Waals surface area contributed by atoms with E-state index in [0.717, 1.165) is 18.8 Å². The van der Waals surface area contributed by atoms with Crippen molar-refractivity contribution in [2.24, 2.45) is 0 Å². The molecule has 0 fully saturated rings. The lowest BCUT2D eigenvalue weighted by atomic mass is 10.4. The first-order chi connectivity index (χ1) is 11.3. The van der Waals surface area contributed by atoms with Gasteiger partial charge in [0.05, 0.1) is 6.61 Å². The summed E-state index contributed by atoms with van der Waals surface area (Å²) in [4.78, 5) is 20.1. The Kier molecular flexibility index (Phi) is 6.65. The molecule has 2 aromatic rings. The van der Waals surface area contributed by atoms with Crippen LogP contribution in [0.5, 0.6) is 5.88 Å². The molecule has 0 radical (unpaired) electrons. The fraction of sp³-hybridized carbons (Fsp3) is 0.312. The van der Waals surface area contributed by atoms with Gasteiger partial charge in [-0.3, -0.25) is 0 Å². The summed E-state index contributed by atoms with van der Waals surface area (Å²) >= 11 is 0. The molecular weight excluding hydrogens is 294 g/mol. The van der Waals surface area contributed by atoms with Gasteiger partial charge in [0, 0.05) is 25.5 Å². The van der Waals surface area contributed by atoms with E-state index >= 15 is 0 Å². The number of amides is 2. The molecule has 0 atom stereocenters. The van der Waals surface area contributed by atoms with Crippen LogP contribution < -0.4 is 20.7 Å². The molecule has 0 saturated heterocycles. The van der Waals surface area contributed by atoms with Crippen molar-refractivity contribution in [1.82, 2.24) is 15.3 Å². The quantitative estimate of drug-likeness (QED) is 0.651. The van der Waals surface area contributed by atoms with E-state index in [2.05, 4.69) is 25.9 Å². The van der Waals surface area contributed by atoms with E-state index in [1.807, 2.05) is 25.1 Å². The molecule has 3 N–H and O–H groups in total. The minimum atomic E-state index is -0.281. The van der Waals surface area contributed by atoms with E-state index in [1.54, 1.807) is 24.5 Å². The fourth-order valence-electron chi connectivity index (χ4n) is 1.88. The average Bonchev–Trinajstić information content (AvgIpc) is 2.57. The number of nitrogens with zero attached hydrogens (tertiary/aromatic N) is 2. The smallest absolute Gasteiger partial charge is 0.319 e. The van der Waals surface area contributed by atoms with Gasteiger partial charge in [-0.15, -0.1) is 0 Å². The van der Waals surface area contributed by atoms with Crippen molar-refractivity contribution in [3.8, 4) is 5.88 Å². The lowest BCUT2D eigenvalue weighted by Crippen LogP contribution is -2.30. The Balaban J connectivity index is 1.67. The van der Waals surface area contributed by atoms with Crippen molar-refractivity contribution < 1.29 is 9.53 Å². The third-order valence-electron chi connectivity index (χ3n) is 2.91. The first kappa shape index (κ1) is 16.5. The second-order valence-electron chi connectivity index (χ2n) is 4.67. The molecule has 2 heterocycles. The number of anilines is 2. The summed E-state index contributed by atoms with van der Waals surface area (Å²) in [7, 11) is 0. The molecule has 7 nitrogen and oxygen atoms in total. The van der Waals surface area contributed by atoms with E-state index in [4.69, 9.17) is 4.74 Å². The molecule has 0 aliphatic rings. The lowest BCUT2D eigenvalue weighted by molar-refractivity contribution is 0.251. The van der Waals surface area contributed by atoms with Gasteiger partial charge in [-0.2, -0.15) is 0 Å². The maximum absolute atomic E-state index is 11.9. The fourth-order valence-corrected chi connectivity index (χ4v) is 1.88. The van der Waals surface area contributed by atoms with Gasteiger partial charge >= 0.3 is 6.03 Å². The molecule has 0 saturated carbocycles. The Bertz CT molecular complexity index is 606. The van der Waals surface area contributed by atoms with Crippen molar-refractivity contribution in [2.75, 3.05) is 30.3 Å². The number of ether oxygens (including phenoxy) is 1. The predicted octanol–water partition coefficient (Wildman–Crippen LogP) is 2.50. The summed E-state index contributed by atoms with van der Waals surface area (Å²) in [5.41, 5.74) is 0.554. The highest BCUT2D eigenvalue weighted by molar-refractivity contribution is 5.90. The van der Waals surface area contributed by atoms with E-state index < -0.39 is 0 Å². The summed E-state index contributed by atoms with van der Waals surface area (Å²) in [6, 6.07) is 8.90. The molecule has 0 spiro atoms. The maximum Gasteiger partial charge on any atom is 0.319 e. The summed E-state index contributed by atoms with van der Waals surface area (Å²) in [5, 5.41) is 8.71. The Labute approximate surface area is 135 Å². The van der Waals surface area contributed by atoms with Crippen LogP contribution in [0.4, 0.5) is 16.3 Å². The Morgan fingerprint density at radius 1 is 1.13 bits per heavy atom. The zero-order chi connectivity index (χ0) is 16.3. The van der Waals surface area contributed by atoms with Gasteiger partial charge in [0.15, 0.2) is 0 Å². The van der Waals surface area contributed by atoms with Gasteiger partial charge in [-0.05, 0) is 37.6 Å². The van der Waals surface area contributed by atoms with Crippen LogP contribution in [0.2, 0.25) is 0 Å². The highest BCUT2D eigenvalue weighted by Crippen LogP contribution is 2.19. The van der Waals surface area contributed by atoms with Gasteiger partial charge in [0.1, 0.15) is 11.5 Å². The van der Waals surface area contributed by atoms with Crippen molar-refractivity contribution in [1.29, 1.82) is 0 Å². The molecule has 0 aliphatic carbocycles. The monoisotopic (exact) mass is 315 g/mol. The second-order valence-corrected chi connectivity index (χ2v) is 4.67. The third kappa shape index (κ3) is 5.82. The summed E-state index contributed by atoms with van der Waals surface area (Å²) in [6.07, 6.45) is 4.14. The molecule has 0 aliphatic heterocycles. The second kappa shape index (κ2) is 9.24.